The van der Waals surface area contributed by atoms with Crippen LogP contribution in [0.4, 0.5) is 18.9 Å². The second-order valence-corrected chi connectivity index (χ2v) is 4.35. The van der Waals surface area contributed by atoms with E-state index in [4.69, 9.17) is 11.6 Å². The fourth-order valence-corrected chi connectivity index (χ4v) is 2.05. The first-order valence-electron chi connectivity index (χ1n) is 5.57. The maximum atomic E-state index is 12.2. The quantitative estimate of drug-likeness (QED) is 0.602. The lowest BCUT2D eigenvalue weighted by atomic mass is 10.0. The minimum Gasteiger partial charge on any atom is -0.406 e. The van der Waals surface area contributed by atoms with E-state index in [1.165, 1.54) is 30.3 Å². The monoisotopic (exact) mass is 317 g/mol. The third-order valence-electron chi connectivity index (χ3n) is 2.55. The van der Waals surface area contributed by atoms with Gasteiger partial charge in [-0.05, 0) is 17.7 Å². The summed E-state index contributed by atoms with van der Waals surface area (Å²) in [5.41, 5.74) is 0.209. The number of nitro benzene ring substituents is 1. The molecular formula is C13H7ClF3NO3. The number of benzene rings is 2. The van der Waals surface area contributed by atoms with Gasteiger partial charge < -0.3 is 4.74 Å². The Bertz CT molecular complexity index is 689. The van der Waals surface area contributed by atoms with Crippen LogP contribution in [0.2, 0.25) is 5.02 Å². The van der Waals surface area contributed by atoms with Gasteiger partial charge in [-0.3, -0.25) is 10.1 Å². The largest absolute Gasteiger partial charge is 0.573 e. The molecular weight excluding hydrogens is 311 g/mol. The van der Waals surface area contributed by atoms with E-state index < -0.39 is 17.0 Å². The molecule has 8 heteroatoms. The second kappa shape index (κ2) is 5.61. The summed E-state index contributed by atoms with van der Waals surface area (Å²) in [6.07, 6.45) is -4.81. The van der Waals surface area contributed by atoms with Crippen molar-refractivity contribution in [3.8, 4) is 16.9 Å². The van der Waals surface area contributed by atoms with Crippen molar-refractivity contribution in [2.45, 2.75) is 6.36 Å². The maximum absolute atomic E-state index is 12.2. The first-order valence-corrected chi connectivity index (χ1v) is 5.95. The fourth-order valence-electron chi connectivity index (χ4n) is 1.74. The first kappa shape index (κ1) is 15.1. The molecule has 0 heterocycles. The van der Waals surface area contributed by atoms with Gasteiger partial charge in [0.15, 0.2) is 0 Å². The fraction of sp³-hybridized carbons (Fsp3) is 0.0769. The molecule has 0 unspecified atom stereocenters. The zero-order valence-electron chi connectivity index (χ0n) is 10.2. The molecule has 0 amide bonds. The average Bonchev–Trinajstić information content (AvgIpc) is 2.36. The summed E-state index contributed by atoms with van der Waals surface area (Å²) >= 11 is 5.92. The standard InChI is InChI=1S/C13H7ClF3NO3/c14-12-10(5-2-6-11(12)18(19)20)8-3-1-4-9(7-8)21-13(15,16)17/h1-7H. The molecule has 2 rings (SSSR count). The van der Waals surface area contributed by atoms with Crippen LogP contribution in [0.3, 0.4) is 0 Å². The average molecular weight is 318 g/mol. The van der Waals surface area contributed by atoms with Crippen LogP contribution in [0.5, 0.6) is 5.75 Å². The molecule has 2 aromatic carbocycles. The Morgan fingerprint density at radius 2 is 1.81 bits per heavy atom. The highest BCUT2D eigenvalue weighted by Crippen LogP contribution is 2.36. The molecule has 4 nitrogen and oxygen atoms in total. The normalized spacial score (nSPS) is 11.2. The van der Waals surface area contributed by atoms with E-state index in [1.54, 1.807) is 0 Å². The molecule has 0 radical (unpaired) electrons. The highest BCUT2D eigenvalue weighted by molar-refractivity contribution is 6.35. The summed E-state index contributed by atoms with van der Waals surface area (Å²) in [6, 6.07) is 9.14. The molecule has 2 aromatic rings. The highest BCUT2D eigenvalue weighted by atomic mass is 35.5. The number of hydrogen-bond acceptors (Lipinski definition) is 3. The molecule has 0 fully saturated rings. The van der Waals surface area contributed by atoms with E-state index in [2.05, 4.69) is 4.74 Å². The highest BCUT2D eigenvalue weighted by Gasteiger charge is 2.31. The molecule has 0 spiro atoms. The third kappa shape index (κ3) is 3.63. The Kier molecular flexibility index (Phi) is 4.04. The minimum absolute atomic E-state index is 0.147. The van der Waals surface area contributed by atoms with Crippen LogP contribution in [0.25, 0.3) is 11.1 Å². The number of alkyl halides is 3. The van der Waals surface area contributed by atoms with Gasteiger partial charge in [-0.2, -0.15) is 0 Å². The van der Waals surface area contributed by atoms with Crippen molar-refractivity contribution in [3.63, 3.8) is 0 Å². The summed E-state index contributed by atoms with van der Waals surface area (Å²) in [5.74, 6) is -0.428. The molecule has 0 saturated carbocycles. The summed E-state index contributed by atoms with van der Waals surface area (Å²) in [6.45, 7) is 0. The lowest BCUT2D eigenvalue weighted by Crippen LogP contribution is -2.17. The molecule has 0 saturated heterocycles. The molecule has 0 bridgehead atoms. The van der Waals surface area contributed by atoms with Crippen LogP contribution in [0, 0.1) is 10.1 Å². The zero-order valence-corrected chi connectivity index (χ0v) is 11.0. The lowest BCUT2D eigenvalue weighted by Gasteiger charge is -2.10. The van der Waals surface area contributed by atoms with E-state index in [-0.39, 0.29) is 21.8 Å². The predicted molar refractivity (Wildman–Crippen MR) is 70.2 cm³/mol. The van der Waals surface area contributed by atoms with Crippen LogP contribution >= 0.6 is 11.6 Å². The number of rotatable bonds is 3. The maximum Gasteiger partial charge on any atom is 0.573 e. The predicted octanol–water partition coefficient (Wildman–Crippen LogP) is 4.81. The third-order valence-corrected chi connectivity index (χ3v) is 2.95. The van der Waals surface area contributed by atoms with Crippen molar-refractivity contribution in [1.29, 1.82) is 0 Å². The van der Waals surface area contributed by atoms with E-state index in [1.807, 2.05) is 0 Å². The van der Waals surface area contributed by atoms with Gasteiger partial charge in [0.2, 0.25) is 0 Å². The molecule has 110 valence electrons. The van der Waals surface area contributed by atoms with Gasteiger partial charge in [-0.1, -0.05) is 35.9 Å². The van der Waals surface area contributed by atoms with Gasteiger partial charge in [-0.15, -0.1) is 13.2 Å². The number of ether oxygens (including phenoxy) is 1. The molecule has 0 atom stereocenters. The second-order valence-electron chi connectivity index (χ2n) is 3.97. The van der Waals surface area contributed by atoms with Gasteiger partial charge in [0.05, 0.1) is 4.92 Å². The zero-order chi connectivity index (χ0) is 15.6. The Labute approximate surface area is 121 Å². The Hall–Kier alpha value is -2.28. The molecule has 0 aliphatic heterocycles. The number of nitrogens with zero attached hydrogens (tertiary/aromatic N) is 1. The van der Waals surface area contributed by atoms with Crippen molar-refractivity contribution in [1.82, 2.24) is 0 Å². The van der Waals surface area contributed by atoms with Crippen molar-refractivity contribution in [2.24, 2.45) is 0 Å². The summed E-state index contributed by atoms with van der Waals surface area (Å²) < 4.78 is 40.4. The van der Waals surface area contributed by atoms with Crippen LogP contribution in [0.1, 0.15) is 0 Å². The van der Waals surface area contributed by atoms with Gasteiger partial charge in [0, 0.05) is 11.6 Å². The molecule has 0 aromatic heterocycles. The lowest BCUT2D eigenvalue weighted by molar-refractivity contribution is -0.384. The van der Waals surface area contributed by atoms with Gasteiger partial charge in [0.1, 0.15) is 10.8 Å². The smallest absolute Gasteiger partial charge is 0.406 e. The van der Waals surface area contributed by atoms with E-state index in [0.29, 0.717) is 0 Å². The molecule has 21 heavy (non-hydrogen) atoms. The Morgan fingerprint density at radius 1 is 1.14 bits per heavy atom. The number of halogens is 4. The molecule has 0 aliphatic rings. The van der Waals surface area contributed by atoms with Crippen LogP contribution in [0.15, 0.2) is 42.5 Å². The van der Waals surface area contributed by atoms with Gasteiger partial charge in [-0.25, -0.2) is 0 Å². The summed E-state index contributed by atoms with van der Waals surface area (Å²) in [7, 11) is 0. The summed E-state index contributed by atoms with van der Waals surface area (Å²) in [5, 5.41) is 10.7. The first-order chi connectivity index (χ1) is 9.78. The van der Waals surface area contributed by atoms with Gasteiger partial charge >= 0.3 is 6.36 Å². The molecule has 0 N–H and O–H groups in total. The van der Waals surface area contributed by atoms with Crippen molar-refractivity contribution in [3.05, 3.63) is 57.6 Å². The van der Waals surface area contributed by atoms with Crippen molar-refractivity contribution >= 4 is 17.3 Å². The number of hydrogen-bond donors (Lipinski definition) is 0. The summed E-state index contributed by atoms with van der Waals surface area (Å²) in [4.78, 5) is 10.1. The van der Waals surface area contributed by atoms with E-state index in [0.717, 1.165) is 12.1 Å². The van der Waals surface area contributed by atoms with Gasteiger partial charge in [0.25, 0.3) is 5.69 Å². The van der Waals surface area contributed by atoms with Crippen molar-refractivity contribution < 1.29 is 22.8 Å². The Balaban J connectivity index is 2.46. The SMILES string of the molecule is O=[N+]([O-])c1cccc(-c2cccc(OC(F)(F)F)c2)c1Cl. The van der Waals surface area contributed by atoms with Crippen LogP contribution < -0.4 is 4.74 Å². The van der Waals surface area contributed by atoms with E-state index >= 15 is 0 Å². The number of nitro groups is 1. The van der Waals surface area contributed by atoms with Crippen LogP contribution in [-0.4, -0.2) is 11.3 Å². The molecule has 0 aliphatic carbocycles. The van der Waals surface area contributed by atoms with Crippen molar-refractivity contribution in [2.75, 3.05) is 0 Å². The van der Waals surface area contributed by atoms with Crippen LogP contribution in [-0.2, 0) is 0 Å². The van der Waals surface area contributed by atoms with E-state index in [9.17, 15) is 23.3 Å². The Morgan fingerprint density at radius 3 is 2.43 bits per heavy atom. The topological polar surface area (TPSA) is 52.4 Å². The minimum atomic E-state index is -4.81.